The van der Waals surface area contributed by atoms with Crippen LogP contribution in [0.15, 0.2) is 23.0 Å². The average Bonchev–Trinajstić information content (AvgIpc) is 2.55. The minimum absolute atomic E-state index is 0. The number of halogens is 1. The molecule has 1 heterocycles. The second kappa shape index (κ2) is 7.88. The summed E-state index contributed by atoms with van der Waals surface area (Å²) in [5, 5.41) is 10.1. The lowest BCUT2D eigenvalue weighted by Crippen LogP contribution is -3.00. The molecule has 0 aliphatic heterocycles. The molecule has 0 spiro atoms. The lowest BCUT2D eigenvalue weighted by atomic mass is 10.1. The smallest absolute Gasteiger partial charge is 0.498 e. The van der Waals surface area contributed by atoms with E-state index in [1.54, 1.807) is 36.9 Å². The lowest BCUT2D eigenvalue weighted by molar-refractivity contribution is -0.692. The number of hydrogen-bond donors (Lipinski definition) is 1. The topological polar surface area (TPSA) is 64.6 Å². The molecule has 1 N–H and O–H groups in total. The Bertz CT molecular complexity index is 828. The zero-order valence-electron chi connectivity index (χ0n) is 14.3. The Morgan fingerprint density at radius 3 is 2.46 bits per heavy atom. The molecule has 0 fully saturated rings. The number of rotatable bonds is 4. The molecule has 24 heavy (non-hydrogen) atoms. The van der Waals surface area contributed by atoms with E-state index < -0.39 is 0 Å². The summed E-state index contributed by atoms with van der Waals surface area (Å²) in [7, 11) is 6.47. The first-order chi connectivity index (χ1) is 10.9. The van der Waals surface area contributed by atoms with Crippen LogP contribution in [0.3, 0.4) is 0 Å². The van der Waals surface area contributed by atoms with Crippen LogP contribution in [0.5, 0.6) is 17.2 Å². The van der Waals surface area contributed by atoms with E-state index in [4.69, 9.17) is 9.47 Å². The van der Waals surface area contributed by atoms with Gasteiger partial charge in [-0.15, -0.1) is 0 Å². The van der Waals surface area contributed by atoms with Crippen molar-refractivity contribution in [3.05, 3.63) is 45.6 Å². The van der Waals surface area contributed by atoms with Gasteiger partial charge < -0.3 is 27.0 Å². The fraction of sp³-hybridized carbons (Fsp3) is 0.294. The van der Waals surface area contributed by atoms with E-state index in [9.17, 15) is 9.90 Å². The van der Waals surface area contributed by atoms with Crippen LogP contribution in [0.2, 0.25) is 0 Å². The average molecular weight is 353 g/mol. The maximum absolute atomic E-state index is 12.1. The van der Waals surface area contributed by atoms with E-state index in [-0.39, 0.29) is 23.8 Å². The third-order valence-corrected chi connectivity index (χ3v) is 3.83. The predicted molar refractivity (Wildman–Crippen MR) is 87.7 cm³/mol. The molecule has 1 aromatic carbocycles. The van der Waals surface area contributed by atoms with Crippen molar-refractivity contribution in [2.75, 3.05) is 14.2 Å². The Morgan fingerprint density at radius 2 is 1.88 bits per heavy atom. The van der Waals surface area contributed by atoms with Gasteiger partial charge in [0.1, 0.15) is 17.1 Å². The van der Waals surface area contributed by atoms with E-state index in [1.807, 2.05) is 13.0 Å². The van der Waals surface area contributed by atoms with Crippen molar-refractivity contribution in [1.82, 2.24) is 4.57 Å². The molecule has 0 saturated heterocycles. The second-order valence-corrected chi connectivity index (χ2v) is 5.18. The van der Waals surface area contributed by atoms with Crippen LogP contribution in [0, 0.1) is 6.92 Å². The van der Waals surface area contributed by atoms with Gasteiger partial charge in [-0.1, -0.05) is 0 Å². The van der Waals surface area contributed by atoms with Crippen molar-refractivity contribution in [1.29, 1.82) is 0 Å². The molecule has 0 aliphatic carbocycles. The van der Waals surface area contributed by atoms with E-state index in [0.29, 0.717) is 17.1 Å². The standard InChI is InChI=1S/C17H20N2O4.ClH/c1-11-10-12(19(3)17(21)18(11)2)6-7-13-14(20)8-9-15(22-4)16(13)23-5;/h6-10H,1-5H3;1H. The Hall–Kier alpha value is -2.47. The minimum atomic E-state index is -0.119. The third-order valence-electron chi connectivity index (χ3n) is 3.83. The third kappa shape index (κ3) is 3.54. The fourth-order valence-corrected chi connectivity index (χ4v) is 2.32. The zero-order chi connectivity index (χ0) is 17.1. The Morgan fingerprint density at radius 1 is 1.21 bits per heavy atom. The number of methoxy groups -OCH3 is 2. The number of nitrogens with zero attached hydrogens (tertiary/aromatic N) is 2. The molecule has 0 bridgehead atoms. The summed E-state index contributed by atoms with van der Waals surface area (Å²) in [6.45, 7) is 1.86. The van der Waals surface area contributed by atoms with Gasteiger partial charge in [0.05, 0.1) is 33.9 Å². The van der Waals surface area contributed by atoms with Gasteiger partial charge in [0.2, 0.25) is 0 Å². The largest absolute Gasteiger partial charge is 1.00 e. The molecular formula is C17H21ClN2O4. The SMILES string of the molecule is COc1ccc(O)c(/C=C/c2cc(C)n(C)c(=O)[n+]2C)c1OC.[Cl-]. The highest BCUT2D eigenvalue weighted by atomic mass is 35.5. The van der Waals surface area contributed by atoms with Gasteiger partial charge >= 0.3 is 5.69 Å². The molecule has 0 atom stereocenters. The van der Waals surface area contributed by atoms with Gasteiger partial charge in [-0.05, 0) is 31.2 Å². The summed E-state index contributed by atoms with van der Waals surface area (Å²) in [6.07, 6.45) is 3.45. The molecule has 0 unspecified atom stereocenters. The first kappa shape index (κ1) is 19.6. The maximum Gasteiger partial charge on any atom is 0.498 e. The van der Waals surface area contributed by atoms with E-state index in [0.717, 1.165) is 11.4 Å². The van der Waals surface area contributed by atoms with Gasteiger partial charge in [-0.2, -0.15) is 13.9 Å². The summed E-state index contributed by atoms with van der Waals surface area (Å²) < 4.78 is 13.7. The van der Waals surface area contributed by atoms with E-state index in [2.05, 4.69) is 0 Å². The van der Waals surface area contributed by atoms with Gasteiger partial charge in [0.15, 0.2) is 11.5 Å². The highest BCUT2D eigenvalue weighted by molar-refractivity contribution is 5.76. The first-order valence-corrected chi connectivity index (χ1v) is 7.09. The summed E-state index contributed by atoms with van der Waals surface area (Å²) in [4.78, 5) is 12.1. The van der Waals surface area contributed by atoms with Crippen molar-refractivity contribution >= 4 is 12.2 Å². The monoisotopic (exact) mass is 352 g/mol. The van der Waals surface area contributed by atoms with Crippen LogP contribution >= 0.6 is 0 Å². The molecule has 1 aromatic heterocycles. The van der Waals surface area contributed by atoms with Gasteiger partial charge in [-0.3, -0.25) is 0 Å². The van der Waals surface area contributed by atoms with Gasteiger partial charge in [0, 0.05) is 6.07 Å². The van der Waals surface area contributed by atoms with Crippen LogP contribution in [0.1, 0.15) is 17.0 Å². The number of aromatic hydroxyl groups is 1. The zero-order valence-corrected chi connectivity index (χ0v) is 15.1. The van der Waals surface area contributed by atoms with Crippen LogP contribution in [-0.4, -0.2) is 23.9 Å². The molecule has 2 aromatic rings. The normalized spacial score (nSPS) is 10.5. The highest BCUT2D eigenvalue weighted by Crippen LogP contribution is 2.37. The molecule has 0 amide bonds. The molecule has 0 saturated carbocycles. The molecule has 0 radical (unpaired) electrons. The molecular weight excluding hydrogens is 332 g/mol. The van der Waals surface area contributed by atoms with Crippen LogP contribution in [-0.2, 0) is 14.1 Å². The predicted octanol–water partition coefficient (Wildman–Crippen LogP) is -1.58. The second-order valence-electron chi connectivity index (χ2n) is 5.18. The quantitative estimate of drug-likeness (QED) is 0.674. The summed E-state index contributed by atoms with van der Waals surface area (Å²) >= 11 is 0. The number of aromatic nitrogens is 2. The molecule has 130 valence electrons. The van der Waals surface area contributed by atoms with E-state index >= 15 is 0 Å². The fourth-order valence-electron chi connectivity index (χ4n) is 2.32. The number of ether oxygens (including phenoxy) is 2. The van der Waals surface area contributed by atoms with Crippen molar-refractivity contribution in [3.63, 3.8) is 0 Å². The van der Waals surface area contributed by atoms with Gasteiger partial charge in [0.25, 0.3) is 0 Å². The molecule has 2 rings (SSSR count). The number of phenolic OH excluding ortho intramolecular Hbond substituents is 1. The minimum Gasteiger partial charge on any atom is -1.00 e. The van der Waals surface area contributed by atoms with Crippen molar-refractivity contribution in [2.45, 2.75) is 6.92 Å². The maximum atomic E-state index is 12.1. The van der Waals surface area contributed by atoms with Crippen LogP contribution in [0.25, 0.3) is 12.2 Å². The summed E-state index contributed by atoms with van der Waals surface area (Å²) in [5.74, 6) is 1.03. The number of aryl methyl sites for hydroxylation is 1. The summed E-state index contributed by atoms with van der Waals surface area (Å²) in [6, 6.07) is 5.06. The Balaban J connectivity index is 0.00000288. The lowest BCUT2D eigenvalue weighted by Gasteiger charge is -2.11. The number of hydrogen-bond acceptors (Lipinski definition) is 4. The molecule has 0 aliphatic rings. The van der Waals surface area contributed by atoms with Crippen LogP contribution in [0.4, 0.5) is 0 Å². The Labute approximate surface area is 147 Å². The molecule has 7 heteroatoms. The number of benzene rings is 1. The number of phenols is 1. The van der Waals surface area contributed by atoms with Gasteiger partial charge in [-0.25, -0.2) is 0 Å². The summed E-state index contributed by atoms with van der Waals surface area (Å²) in [5.41, 5.74) is 1.93. The highest BCUT2D eigenvalue weighted by Gasteiger charge is 2.14. The first-order valence-electron chi connectivity index (χ1n) is 7.09. The molecule has 6 nitrogen and oxygen atoms in total. The van der Waals surface area contributed by atoms with Crippen molar-refractivity contribution in [3.8, 4) is 17.2 Å². The van der Waals surface area contributed by atoms with Crippen molar-refractivity contribution in [2.24, 2.45) is 14.1 Å². The van der Waals surface area contributed by atoms with Crippen molar-refractivity contribution < 1.29 is 31.6 Å². The van der Waals surface area contributed by atoms with E-state index in [1.165, 1.54) is 24.9 Å². The van der Waals surface area contributed by atoms with Crippen LogP contribution < -0.4 is 32.1 Å². The Kier molecular flexibility index (Phi) is 6.42.